The van der Waals surface area contributed by atoms with E-state index < -0.39 is 0 Å². The molecule has 3 aliphatic rings. The molecule has 2 bridgehead atoms. The summed E-state index contributed by atoms with van der Waals surface area (Å²) in [5.41, 5.74) is 0. The normalized spacial score (nSPS) is 40.5. The van der Waals surface area contributed by atoms with E-state index in [1.165, 1.54) is 0 Å². The fraction of sp³-hybridized carbons (Fsp3) is 0.769. The number of carbonyl (C=O) groups excluding carboxylic acids is 1. The van der Waals surface area contributed by atoms with Gasteiger partial charge in [-0.3, -0.25) is 4.79 Å². The van der Waals surface area contributed by atoms with E-state index in [9.17, 15) is 4.79 Å². The van der Waals surface area contributed by atoms with Crippen molar-refractivity contribution >= 4 is 5.97 Å². The molecule has 0 unspecified atom stereocenters. The molecule has 0 aromatic heterocycles. The molecule has 1 saturated heterocycles. The number of hydrogen-bond acceptors (Lipinski definition) is 3. The standard InChI is InChI=1S/C13H18O3/c14-13(16-8-11-2-1-5-15-11)12-7-9-3-4-10(12)6-9/h3-4,9-12H,1-2,5-8H2/t9-,10-,11+,12+/m0/s1. The number of fused-ring (bicyclic) bond motifs is 2. The summed E-state index contributed by atoms with van der Waals surface area (Å²) in [6.45, 7) is 1.27. The van der Waals surface area contributed by atoms with Crippen LogP contribution in [0.25, 0.3) is 0 Å². The molecule has 3 rings (SSSR count). The molecule has 0 radical (unpaired) electrons. The Hall–Kier alpha value is -0.830. The first-order chi connectivity index (χ1) is 7.83. The SMILES string of the molecule is O=C(OC[C@H]1CCCO1)[C@@H]1C[C@H]2C=C[C@H]1C2. The Kier molecular flexibility index (Phi) is 2.72. The third-order valence-corrected chi connectivity index (χ3v) is 4.02. The molecular formula is C13H18O3. The van der Waals surface area contributed by atoms with Gasteiger partial charge < -0.3 is 9.47 Å². The van der Waals surface area contributed by atoms with Crippen LogP contribution in [0.1, 0.15) is 25.7 Å². The van der Waals surface area contributed by atoms with E-state index in [0.717, 1.165) is 32.3 Å². The lowest BCUT2D eigenvalue weighted by molar-refractivity contribution is -0.152. The van der Waals surface area contributed by atoms with Gasteiger partial charge in [-0.05, 0) is 37.5 Å². The molecule has 0 aromatic rings. The Morgan fingerprint density at radius 2 is 2.31 bits per heavy atom. The molecule has 1 saturated carbocycles. The van der Waals surface area contributed by atoms with Gasteiger partial charge in [0.2, 0.25) is 0 Å². The Morgan fingerprint density at radius 3 is 2.94 bits per heavy atom. The van der Waals surface area contributed by atoms with Crippen LogP contribution in [0, 0.1) is 17.8 Å². The van der Waals surface area contributed by atoms with Gasteiger partial charge in [0, 0.05) is 6.61 Å². The minimum Gasteiger partial charge on any atom is -0.463 e. The first-order valence-electron chi connectivity index (χ1n) is 6.29. The van der Waals surface area contributed by atoms with Crippen molar-refractivity contribution < 1.29 is 14.3 Å². The second-order valence-electron chi connectivity index (χ2n) is 5.15. The van der Waals surface area contributed by atoms with Gasteiger partial charge in [0.05, 0.1) is 12.0 Å². The number of carbonyl (C=O) groups is 1. The van der Waals surface area contributed by atoms with Gasteiger partial charge in [0.1, 0.15) is 6.61 Å². The maximum Gasteiger partial charge on any atom is 0.309 e. The first-order valence-corrected chi connectivity index (χ1v) is 6.29. The summed E-state index contributed by atoms with van der Waals surface area (Å²) in [6, 6.07) is 0. The highest BCUT2D eigenvalue weighted by Gasteiger charge is 2.40. The van der Waals surface area contributed by atoms with Gasteiger partial charge in [0.25, 0.3) is 0 Å². The van der Waals surface area contributed by atoms with Crippen molar-refractivity contribution in [3.63, 3.8) is 0 Å². The van der Waals surface area contributed by atoms with Gasteiger partial charge in [-0.15, -0.1) is 0 Å². The van der Waals surface area contributed by atoms with Crippen LogP contribution in [0.3, 0.4) is 0 Å². The molecule has 0 spiro atoms. The van der Waals surface area contributed by atoms with Crippen molar-refractivity contribution in [2.75, 3.05) is 13.2 Å². The van der Waals surface area contributed by atoms with Crippen LogP contribution >= 0.6 is 0 Å². The third-order valence-electron chi connectivity index (χ3n) is 4.02. The van der Waals surface area contributed by atoms with Crippen LogP contribution < -0.4 is 0 Å². The molecule has 1 heterocycles. The van der Waals surface area contributed by atoms with Crippen LogP contribution in [0.15, 0.2) is 12.2 Å². The number of ether oxygens (including phenoxy) is 2. The average Bonchev–Trinajstić information content (AvgIpc) is 3.01. The topological polar surface area (TPSA) is 35.5 Å². The van der Waals surface area contributed by atoms with Crippen LogP contribution in [0.4, 0.5) is 0 Å². The van der Waals surface area contributed by atoms with E-state index in [-0.39, 0.29) is 18.0 Å². The highest BCUT2D eigenvalue weighted by Crippen LogP contribution is 2.43. The van der Waals surface area contributed by atoms with Crippen LogP contribution in [-0.4, -0.2) is 25.3 Å². The lowest BCUT2D eigenvalue weighted by Crippen LogP contribution is -2.25. The molecule has 3 heteroatoms. The van der Waals surface area contributed by atoms with Crippen LogP contribution in [0.2, 0.25) is 0 Å². The van der Waals surface area contributed by atoms with Crippen molar-refractivity contribution in [2.24, 2.45) is 17.8 Å². The largest absolute Gasteiger partial charge is 0.463 e. The van der Waals surface area contributed by atoms with E-state index in [1.54, 1.807) is 0 Å². The number of esters is 1. The third kappa shape index (κ3) is 1.88. The second-order valence-corrected chi connectivity index (χ2v) is 5.15. The quantitative estimate of drug-likeness (QED) is 0.540. The Bertz CT molecular complexity index is 304. The maximum absolute atomic E-state index is 11.9. The number of allylic oxidation sites excluding steroid dienone is 2. The molecule has 2 aliphatic carbocycles. The highest BCUT2D eigenvalue weighted by atomic mass is 16.6. The summed E-state index contributed by atoms with van der Waals surface area (Å²) in [5.74, 6) is 1.19. The molecular weight excluding hydrogens is 204 g/mol. The van der Waals surface area contributed by atoms with Crippen molar-refractivity contribution in [2.45, 2.75) is 31.8 Å². The summed E-state index contributed by atoms with van der Waals surface area (Å²) in [5, 5.41) is 0. The lowest BCUT2D eigenvalue weighted by Gasteiger charge is -2.18. The van der Waals surface area contributed by atoms with Gasteiger partial charge in [-0.25, -0.2) is 0 Å². The van der Waals surface area contributed by atoms with E-state index in [2.05, 4.69) is 12.2 Å². The minimum absolute atomic E-state index is 0.00708. The zero-order valence-corrected chi connectivity index (χ0v) is 9.43. The van der Waals surface area contributed by atoms with Crippen LogP contribution in [0.5, 0.6) is 0 Å². The lowest BCUT2D eigenvalue weighted by atomic mass is 9.94. The van der Waals surface area contributed by atoms with E-state index in [1.807, 2.05) is 0 Å². The average molecular weight is 222 g/mol. The molecule has 0 N–H and O–H groups in total. The van der Waals surface area contributed by atoms with E-state index in [0.29, 0.717) is 18.4 Å². The molecule has 2 fully saturated rings. The summed E-state index contributed by atoms with van der Waals surface area (Å²) >= 11 is 0. The summed E-state index contributed by atoms with van der Waals surface area (Å²) < 4.78 is 10.8. The molecule has 4 atom stereocenters. The molecule has 3 nitrogen and oxygen atoms in total. The van der Waals surface area contributed by atoms with Crippen molar-refractivity contribution in [1.82, 2.24) is 0 Å². The second kappa shape index (κ2) is 4.21. The highest BCUT2D eigenvalue weighted by molar-refractivity contribution is 5.74. The smallest absolute Gasteiger partial charge is 0.309 e. The van der Waals surface area contributed by atoms with Gasteiger partial charge >= 0.3 is 5.97 Å². The summed E-state index contributed by atoms with van der Waals surface area (Å²) in [4.78, 5) is 11.9. The van der Waals surface area contributed by atoms with Crippen molar-refractivity contribution in [3.05, 3.63) is 12.2 Å². The van der Waals surface area contributed by atoms with Gasteiger partial charge in [-0.1, -0.05) is 12.2 Å². The molecule has 0 amide bonds. The molecule has 0 aromatic carbocycles. The summed E-state index contributed by atoms with van der Waals surface area (Å²) in [7, 11) is 0. The minimum atomic E-state index is -0.00708. The number of rotatable bonds is 3. The summed E-state index contributed by atoms with van der Waals surface area (Å²) in [6.07, 6.45) is 8.85. The zero-order valence-electron chi connectivity index (χ0n) is 9.43. The Morgan fingerprint density at radius 1 is 1.38 bits per heavy atom. The number of hydrogen-bond donors (Lipinski definition) is 0. The molecule has 88 valence electrons. The first kappa shape index (κ1) is 10.3. The Labute approximate surface area is 95.8 Å². The molecule has 16 heavy (non-hydrogen) atoms. The Balaban J connectivity index is 1.48. The van der Waals surface area contributed by atoms with Crippen molar-refractivity contribution in [3.8, 4) is 0 Å². The van der Waals surface area contributed by atoms with E-state index >= 15 is 0 Å². The predicted molar refractivity (Wildman–Crippen MR) is 58.8 cm³/mol. The van der Waals surface area contributed by atoms with Gasteiger partial charge in [0.15, 0.2) is 0 Å². The van der Waals surface area contributed by atoms with E-state index in [4.69, 9.17) is 9.47 Å². The fourth-order valence-corrected chi connectivity index (χ4v) is 3.11. The maximum atomic E-state index is 11.9. The van der Waals surface area contributed by atoms with Crippen molar-refractivity contribution in [1.29, 1.82) is 0 Å². The zero-order chi connectivity index (χ0) is 11.0. The fourth-order valence-electron chi connectivity index (χ4n) is 3.11. The predicted octanol–water partition coefficient (Wildman–Crippen LogP) is 1.92. The monoisotopic (exact) mass is 222 g/mol. The molecule has 1 aliphatic heterocycles. The van der Waals surface area contributed by atoms with Gasteiger partial charge in [-0.2, -0.15) is 0 Å². The van der Waals surface area contributed by atoms with Crippen LogP contribution in [-0.2, 0) is 14.3 Å².